The molecule has 5 aliphatic heterocycles. The maximum atomic E-state index is 13.0. The molecular formula is C34H54O9. The number of aliphatic hydroxyl groups is 1. The molecule has 0 radical (unpaired) electrons. The molecule has 5 heterocycles. The Balaban J connectivity index is 1.18. The number of rotatable bonds is 13. The number of hydrogen-bond donors (Lipinski definition) is 1. The molecule has 5 aliphatic rings. The monoisotopic (exact) mass is 606 g/mol. The highest BCUT2D eigenvalue weighted by Crippen LogP contribution is 2.42. The van der Waals surface area contributed by atoms with Crippen molar-refractivity contribution in [1.82, 2.24) is 0 Å². The molecule has 9 heteroatoms. The minimum atomic E-state index is -0.702. The number of aliphatic hydroxyl groups excluding tert-OH is 1. The summed E-state index contributed by atoms with van der Waals surface area (Å²) in [5.74, 6) is 0.835. The van der Waals surface area contributed by atoms with Crippen LogP contribution in [-0.2, 0) is 38.0 Å². The van der Waals surface area contributed by atoms with Crippen LogP contribution < -0.4 is 0 Å². The predicted octanol–water partition coefficient (Wildman–Crippen LogP) is 4.40. The number of carbonyl (C=O) groups is 1. The first-order chi connectivity index (χ1) is 20.7. The fourth-order valence-electron chi connectivity index (χ4n) is 7.72. The number of Topliss-reactive ketones (excluding diaryl/α,β-unsaturated/α-hetero) is 1. The van der Waals surface area contributed by atoms with Gasteiger partial charge in [0.1, 0.15) is 11.9 Å². The Kier molecular flexibility index (Phi) is 11.9. The predicted molar refractivity (Wildman–Crippen MR) is 161 cm³/mol. The Labute approximate surface area is 257 Å². The molecule has 2 unspecified atom stereocenters. The average molecular weight is 607 g/mol. The lowest BCUT2D eigenvalue weighted by Crippen LogP contribution is -2.50. The molecule has 0 aliphatic carbocycles. The molecule has 244 valence electrons. The molecule has 0 aromatic carbocycles. The third kappa shape index (κ3) is 8.55. The highest BCUT2D eigenvalue weighted by atomic mass is 16.7. The van der Waals surface area contributed by atoms with E-state index in [9.17, 15) is 9.90 Å². The maximum absolute atomic E-state index is 13.0. The van der Waals surface area contributed by atoms with Gasteiger partial charge in [-0.05, 0) is 67.4 Å². The molecule has 5 rings (SSSR count). The van der Waals surface area contributed by atoms with E-state index in [0.717, 1.165) is 49.9 Å². The summed E-state index contributed by atoms with van der Waals surface area (Å²) in [6.07, 6.45) is 4.68. The molecule has 5 fully saturated rings. The summed E-state index contributed by atoms with van der Waals surface area (Å²) in [5.41, 5.74) is 2.29. The smallest absolute Gasteiger partial charge is 0.158 e. The number of methoxy groups -OCH3 is 1. The normalized spacial score (nSPS) is 38.6. The van der Waals surface area contributed by atoms with Gasteiger partial charge in [0.2, 0.25) is 0 Å². The molecule has 9 nitrogen and oxygen atoms in total. The van der Waals surface area contributed by atoms with Gasteiger partial charge in [0, 0.05) is 38.9 Å². The lowest BCUT2D eigenvalue weighted by atomic mass is 9.76. The molecule has 1 N–H and O–H groups in total. The van der Waals surface area contributed by atoms with E-state index in [4.69, 9.17) is 33.2 Å². The van der Waals surface area contributed by atoms with Gasteiger partial charge in [-0.25, -0.2) is 0 Å². The van der Waals surface area contributed by atoms with Crippen molar-refractivity contribution in [3.05, 3.63) is 24.3 Å². The van der Waals surface area contributed by atoms with Crippen LogP contribution in [0.1, 0.15) is 71.6 Å². The lowest BCUT2D eigenvalue weighted by Gasteiger charge is -2.41. The van der Waals surface area contributed by atoms with Crippen molar-refractivity contribution in [3.63, 3.8) is 0 Å². The van der Waals surface area contributed by atoms with Gasteiger partial charge in [-0.3, -0.25) is 4.79 Å². The van der Waals surface area contributed by atoms with Crippen LogP contribution in [0.4, 0.5) is 0 Å². The molecule has 0 amide bonds. The molecule has 0 spiro atoms. The second kappa shape index (κ2) is 15.4. The van der Waals surface area contributed by atoms with Crippen LogP contribution in [0.25, 0.3) is 0 Å². The SMILES string of the molecule is C=C1CO[C@@H](CC([C@@H]2CC[C@@H](O[C@H]3CC[C@H](CC(=O)C[C@H]4COC[C@@H]4OC)OC3[C@H](O)C(C)C)O2)[C@@H]2CCOCC2=C)C1. The Bertz CT molecular complexity index is 952. The minimum Gasteiger partial charge on any atom is -0.390 e. The van der Waals surface area contributed by atoms with Crippen LogP contribution in [0, 0.1) is 23.7 Å². The van der Waals surface area contributed by atoms with Crippen molar-refractivity contribution >= 4 is 5.78 Å². The van der Waals surface area contributed by atoms with Gasteiger partial charge in [0.25, 0.3) is 0 Å². The highest BCUT2D eigenvalue weighted by molar-refractivity contribution is 5.79. The molecular weight excluding hydrogens is 552 g/mol. The summed E-state index contributed by atoms with van der Waals surface area (Å²) in [6.45, 7) is 15.5. The van der Waals surface area contributed by atoms with Crippen LogP contribution in [0.5, 0.6) is 0 Å². The van der Waals surface area contributed by atoms with E-state index >= 15 is 0 Å². The minimum absolute atomic E-state index is 0.00836. The van der Waals surface area contributed by atoms with Gasteiger partial charge in [0.05, 0.1) is 63.1 Å². The molecule has 43 heavy (non-hydrogen) atoms. The summed E-state index contributed by atoms with van der Waals surface area (Å²) in [4.78, 5) is 13.0. The van der Waals surface area contributed by atoms with Crippen LogP contribution in [0.2, 0.25) is 0 Å². The number of carbonyl (C=O) groups excluding carboxylic acids is 1. The van der Waals surface area contributed by atoms with Crippen molar-refractivity contribution in [2.24, 2.45) is 23.7 Å². The van der Waals surface area contributed by atoms with Gasteiger partial charge in [0.15, 0.2) is 6.29 Å². The zero-order chi connectivity index (χ0) is 30.5. The van der Waals surface area contributed by atoms with E-state index < -0.39 is 12.2 Å². The lowest BCUT2D eigenvalue weighted by molar-refractivity contribution is -0.241. The first-order valence-corrected chi connectivity index (χ1v) is 16.5. The standard InChI is InChI=1S/C34H54O9/c1-20(2)33(36)34-30(7-6-25(41-34)14-24(35)13-23-18-39-19-31(23)37-5)43-32-9-8-29(42-32)28(15-26-12-21(3)16-40-26)27-10-11-38-17-22(27)4/h20,23,25-34,36H,3-4,6-19H2,1-2,5H3/t23-,25+,26+,27+,28?,29-,30-,31-,32+,33+,34?/m0/s1. The Morgan fingerprint density at radius 2 is 1.81 bits per heavy atom. The zero-order valence-electron chi connectivity index (χ0n) is 26.5. The first-order valence-electron chi connectivity index (χ1n) is 16.5. The van der Waals surface area contributed by atoms with E-state index in [-0.39, 0.29) is 60.3 Å². The molecule has 0 aromatic rings. The van der Waals surface area contributed by atoms with Crippen LogP contribution in [0.3, 0.4) is 0 Å². The Morgan fingerprint density at radius 3 is 2.53 bits per heavy atom. The van der Waals surface area contributed by atoms with Gasteiger partial charge < -0.3 is 38.3 Å². The average Bonchev–Trinajstić information content (AvgIpc) is 3.74. The van der Waals surface area contributed by atoms with E-state index in [1.165, 1.54) is 0 Å². The van der Waals surface area contributed by atoms with Crippen molar-refractivity contribution < 1.29 is 43.1 Å². The first kappa shape index (κ1) is 33.2. The van der Waals surface area contributed by atoms with Crippen LogP contribution >= 0.6 is 0 Å². The fourth-order valence-corrected chi connectivity index (χ4v) is 7.72. The van der Waals surface area contributed by atoms with Crippen molar-refractivity contribution in [3.8, 4) is 0 Å². The van der Waals surface area contributed by atoms with Crippen molar-refractivity contribution in [1.29, 1.82) is 0 Å². The van der Waals surface area contributed by atoms with Crippen LogP contribution in [0.15, 0.2) is 24.3 Å². The molecule has 11 atom stereocenters. The maximum Gasteiger partial charge on any atom is 0.158 e. The van der Waals surface area contributed by atoms with Crippen LogP contribution in [-0.4, -0.2) is 100 Å². The second-order valence-corrected chi connectivity index (χ2v) is 13.8. The van der Waals surface area contributed by atoms with E-state index in [1.54, 1.807) is 7.11 Å². The molecule has 0 bridgehead atoms. The Morgan fingerprint density at radius 1 is 0.977 bits per heavy atom. The van der Waals surface area contributed by atoms with Crippen molar-refractivity contribution in [2.75, 3.05) is 40.1 Å². The van der Waals surface area contributed by atoms with Crippen molar-refractivity contribution in [2.45, 2.75) is 121 Å². The topological polar surface area (TPSA) is 102 Å². The Hall–Kier alpha value is -1.17. The zero-order valence-corrected chi connectivity index (χ0v) is 26.5. The third-order valence-corrected chi connectivity index (χ3v) is 10.2. The highest BCUT2D eigenvalue weighted by Gasteiger charge is 2.44. The van der Waals surface area contributed by atoms with E-state index in [2.05, 4.69) is 13.2 Å². The molecule has 0 aromatic heterocycles. The quantitative estimate of drug-likeness (QED) is 0.306. The summed E-state index contributed by atoms with van der Waals surface area (Å²) >= 11 is 0. The summed E-state index contributed by atoms with van der Waals surface area (Å²) in [7, 11) is 1.67. The number of ketones is 1. The summed E-state index contributed by atoms with van der Waals surface area (Å²) in [6, 6.07) is 0. The van der Waals surface area contributed by atoms with E-state index in [1.807, 2.05) is 13.8 Å². The van der Waals surface area contributed by atoms with Gasteiger partial charge in [-0.15, -0.1) is 0 Å². The summed E-state index contributed by atoms with van der Waals surface area (Å²) < 4.78 is 42.4. The largest absolute Gasteiger partial charge is 0.390 e. The third-order valence-electron chi connectivity index (χ3n) is 10.2. The fraction of sp³-hybridized carbons (Fsp3) is 0.853. The van der Waals surface area contributed by atoms with Gasteiger partial charge >= 0.3 is 0 Å². The van der Waals surface area contributed by atoms with Gasteiger partial charge in [-0.2, -0.15) is 0 Å². The number of ether oxygens (including phenoxy) is 7. The molecule has 5 saturated heterocycles. The molecule has 0 saturated carbocycles. The number of hydrogen-bond acceptors (Lipinski definition) is 9. The van der Waals surface area contributed by atoms with Gasteiger partial charge in [-0.1, -0.05) is 27.0 Å². The second-order valence-electron chi connectivity index (χ2n) is 13.8. The summed E-state index contributed by atoms with van der Waals surface area (Å²) in [5, 5.41) is 11.2. The van der Waals surface area contributed by atoms with E-state index in [0.29, 0.717) is 58.0 Å².